The molecule has 0 saturated carbocycles. The predicted molar refractivity (Wildman–Crippen MR) is 26.1 cm³/mol. The molecule has 0 aliphatic heterocycles. The third-order valence-electron chi connectivity index (χ3n) is 0. The fourth-order valence-electron chi connectivity index (χ4n) is 0. The molecule has 0 aromatic carbocycles. The molecule has 0 aliphatic rings. The molecule has 0 fully saturated rings. The van der Waals surface area contributed by atoms with Crippen molar-refractivity contribution in [2.45, 2.75) is 3.25 Å². The fourth-order valence-corrected chi connectivity index (χ4v) is 0. The van der Waals surface area contributed by atoms with E-state index in [1.165, 1.54) is 0 Å². The van der Waals surface area contributed by atoms with E-state index in [2.05, 4.69) is 0 Å². The first-order chi connectivity index (χ1) is 2.00. The molecular weight excluding hydrogens is 250 g/mol. The normalized spacial score (nSPS) is 10.0. The summed E-state index contributed by atoms with van der Waals surface area (Å²) in [5, 5.41) is 0. The topological polar surface area (TPSA) is 0 Å². The average Bonchev–Trinajstić information content (AvgIpc) is 0.722. The first-order valence-corrected chi connectivity index (χ1v) is 2.27. The quantitative estimate of drug-likeness (QED) is 0.457. The minimum absolute atomic E-state index is 0. The molecule has 0 aliphatic carbocycles. The summed E-state index contributed by atoms with van der Waals surface area (Å²) in [6.45, 7) is 0. The van der Waals surface area contributed by atoms with E-state index in [1.54, 1.807) is 0 Å². The van der Waals surface area contributed by atoms with Gasteiger partial charge in [0.25, 0.3) is 3.25 Å². The molecule has 0 rings (SSSR count). The molecule has 38 valence electrons. The molecule has 0 aromatic heterocycles. The van der Waals surface area contributed by atoms with Crippen LogP contribution in [0.15, 0.2) is 0 Å². The van der Waals surface area contributed by atoms with Gasteiger partial charge in [0, 0.05) is 21.1 Å². The van der Waals surface area contributed by atoms with Crippen LogP contribution in [0.2, 0.25) is 0 Å². The van der Waals surface area contributed by atoms with Crippen molar-refractivity contribution in [1.82, 2.24) is 0 Å². The van der Waals surface area contributed by atoms with Gasteiger partial charge in [-0.3, -0.25) is 0 Å². The van der Waals surface area contributed by atoms with E-state index in [0.29, 0.717) is 0 Å². The van der Waals surface area contributed by atoms with Crippen LogP contribution in [-0.4, -0.2) is 3.25 Å². The summed E-state index contributed by atoms with van der Waals surface area (Å²) in [4.78, 5) is 0. The molecular formula is CCl4Mo. The van der Waals surface area contributed by atoms with Gasteiger partial charge in [0.2, 0.25) is 0 Å². The van der Waals surface area contributed by atoms with Gasteiger partial charge in [-0.15, -0.1) is 0 Å². The average molecular weight is 250 g/mol. The van der Waals surface area contributed by atoms with E-state index >= 15 is 0 Å². The van der Waals surface area contributed by atoms with Crippen LogP contribution in [-0.2, 0) is 21.1 Å². The first kappa shape index (κ1) is 10.8. The second kappa shape index (κ2) is 3.80. The van der Waals surface area contributed by atoms with E-state index in [-0.39, 0.29) is 21.1 Å². The minimum Gasteiger partial charge on any atom is -0.0664 e. The van der Waals surface area contributed by atoms with Gasteiger partial charge in [-0.05, 0) is 0 Å². The van der Waals surface area contributed by atoms with Crippen molar-refractivity contribution >= 4 is 46.4 Å². The van der Waals surface area contributed by atoms with Gasteiger partial charge in [0.1, 0.15) is 0 Å². The summed E-state index contributed by atoms with van der Waals surface area (Å²) in [7, 11) is 0. The predicted octanol–water partition coefficient (Wildman–Crippen LogP) is 2.55. The monoisotopic (exact) mass is 250 g/mol. The van der Waals surface area contributed by atoms with Crippen molar-refractivity contribution in [3.05, 3.63) is 0 Å². The van der Waals surface area contributed by atoms with Crippen LogP contribution in [0.5, 0.6) is 0 Å². The molecule has 0 unspecified atom stereocenters. The Bertz CT molecular complexity index is 23.0. The van der Waals surface area contributed by atoms with Gasteiger partial charge in [-0.2, -0.15) is 0 Å². The van der Waals surface area contributed by atoms with E-state index in [4.69, 9.17) is 46.4 Å². The van der Waals surface area contributed by atoms with E-state index in [0.717, 1.165) is 0 Å². The molecule has 0 nitrogen and oxygen atoms in total. The maximum absolute atomic E-state index is 4.83. The Balaban J connectivity index is 0. The van der Waals surface area contributed by atoms with Crippen LogP contribution in [0.1, 0.15) is 0 Å². The first-order valence-electron chi connectivity index (χ1n) is 0.756. The molecule has 0 bridgehead atoms. The van der Waals surface area contributed by atoms with Crippen molar-refractivity contribution < 1.29 is 21.1 Å². The second-order valence-corrected chi connectivity index (χ2v) is 3.86. The Labute approximate surface area is 70.3 Å². The zero-order valence-electron chi connectivity index (χ0n) is 2.42. The third kappa shape index (κ3) is 40.2. The smallest absolute Gasteiger partial charge is 0.0664 e. The fraction of sp³-hybridized carbons (Fsp3) is 1.00. The van der Waals surface area contributed by atoms with Crippen molar-refractivity contribution in [2.24, 2.45) is 0 Å². The van der Waals surface area contributed by atoms with Gasteiger partial charge in [-0.25, -0.2) is 0 Å². The van der Waals surface area contributed by atoms with Crippen LogP contribution in [0.3, 0.4) is 0 Å². The largest absolute Gasteiger partial charge is 0.266 e. The Morgan fingerprint density at radius 1 is 0.833 bits per heavy atom. The summed E-state index contributed by atoms with van der Waals surface area (Å²) in [5.74, 6) is 0. The molecule has 0 spiro atoms. The number of alkyl halides is 4. The Hall–Kier alpha value is 1.85. The van der Waals surface area contributed by atoms with Crippen LogP contribution in [0.4, 0.5) is 0 Å². The molecule has 0 aromatic rings. The van der Waals surface area contributed by atoms with Crippen molar-refractivity contribution in [2.75, 3.05) is 0 Å². The van der Waals surface area contributed by atoms with Crippen LogP contribution < -0.4 is 0 Å². The van der Waals surface area contributed by atoms with Gasteiger partial charge >= 0.3 is 0 Å². The molecule has 0 heterocycles. The summed E-state index contributed by atoms with van der Waals surface area (Å²) < 4.78 is -1.61. The SMILES string of the molecule is ClC(Cl)(Cl)Cl.[Mo]. The van der Waals surface area contributed by atoms with Gasteiger partial charge in [-0.1, -0.05) is 46.4 Å². The Morgan fingerprint density at radius 3 is 0.833 bits per heavy atom. The molecule has 0 saturated heterocycles. The van der Waals surface area contributed by atoms with E-state index in [1.807, 2.05) is 0 Å². The molecule has 5 heteroatoms. The summed E-state index contributed by atoms with van der Waals surface area (Å²) in [6, 6.07) is 0. The van der Waals surface area contributed by atoms with Crippen LogP contribution in [0.25, 0.3) is 0 Å². The third-order valence-corrected chi connectivity index (χ3v) is 0. The maximum Gasteiger partial charge on any atom is 0.266 e. The Kier molecular flexibility index (Phi) is 6.82. The molecule has 0 radical (unpaired) electrons. The summed E-state index contributed by atoms with van der Waals surface area (Å²) in [6.07, 6.45) is 0. The minimum atomic E-state index is -1.61. The number of hydrogen-bond acceptors (Lipinski definition) is 0. The summed E-state index contributed by atoms with van der Waals surface area (Å²) >= 11 is 19.3. The van der Waals surface area contributed by atoms with Crippen LogP contribution >= 0.6 is 46.4 Å². The second-order valence-electron chi connectivity index (χ2n) is 0.429. The van der Waals surface area contributed by atoms with Crippen LogP contribution in [0, 0.1) is 0 Å². The van der Waals surface area contributed by atoms with Crippen molar-refractivity contribution in [3.8, 4) is 0 Å². The number of halogens is 4. The molecule has 6 heavy (non-hydrogen) atoms. The van der Waals surface area contributed by atoms with Gasteiger partial charge in [0.15, 0.2) is 0 Å². The number of hydrogen-bond donors (Lipinski definition) is 0. The van der Waals surface area contributed by atoms with Gasteiger partial charge < -0.3 is 0 Å². The Morgan fingerprint density at radius 2 is 0.833 bits per heavy atom. The maximum atomic E-state index is 4.83. The summed E-state index contributed by atoms with van der Waals surface area (Å²) in [5.41, 5.74) is 0. The molecule has 0 N–H and O–H groups in total. The molecule has 0 amide bonds. The molecule has 0 atom stereocenters. The van der Waals surface area contributed by atoms with Gasteiger partial charge in [0.05, 0.1) is 0 Å². The van der Waals surface area contributed by atoms with E-state index in [9.17, 15) is 0 Å². The standard InChI is InChI=1S/CCl4.Mo/c2-1(3,4)5;. The van der Waals surface area contributed by atoms with Crippen molar-refractivity contribution in [1.29, 1.82) is 0 Å². The zero-order valence-corrected chi connectivity index (χ0v) is 7.45. The number of rotatable bonds is 0. The zero-order chi connectivity index (χ0) is 4.50. The van der Waals surface area contributed by atoms with Crippen molar-refractivity contribution in [3.63, 3.8) is 0 Å². The van der Waals surface area contributed by atoms with E-state index < -0.39 is 3.25 Å².